The van der Waals surface area contributed by atoms with Gasteiger partial charge in [0.15, 0.2) is 0 Å². The minimum Gasteiger partial charge on any atom is -0.310 e. The van der Waals surface area contributed by atoms with Gasteiger partial charge in [0, 0.05) is 25.2 Å². The number of nitrogens with one attached hydrogen (secondary N) is 1. The summed E-state index contributed by atoms with van der Waals surface area (Å²) in [6.07, 6.45) is 2.07. The predicted molar refractivity (Wildman–Crippen MR) is 99.7 cm³/mol. The van der Waals surface area contributed by atoms with Crippen molar-refractivity contribution in [2.24, 2.45) is 0 Å². The number of hydrogen-bond acceptors (Lipinski definition) is 4. The fourth-order valence-corrected chi connectivity index (χ4v) is 3.51. The quantitative estimate of drug-likeness (QED) is 0.625. The van der Waals surface area contributed by atoms with Crippen molar-refractivity contribution in [3.05, 3.63) is 74.8 Å². The van der Waals surface area contributed by atoms with Crippen LogP contribution in [0, 0.1) is 10.1 Å². The Hall–Kier alpha value is -1.95. The van der Waals surface area contributed by atoms with Gasteiger partial charge in [-0.2, -0.15) is 0 Å². The maximum Gasteiger partial charge on any atom is 0.275 e. The molecular formula is C19H22ClN3O2. The van der Waals surface area contributed by atoms with Gasteiger partial charge in [0.25, 0.3) is 5.69 Å². The minimum absolute atomic E-state index is 0.0847. The van der Waals surface area contributed by atoms with Crippen molar-refractivity contribution in [2.45, 2.75) is 32.0 Å². The molecule has 0 radical (unpaired) electrons. The van der Waals surface area contributed by atoms with Crippen LogP contribution in [0.2, 0.25) is 5.02 Å². The SMILES string of the molecule is O=[N+]([O-])c1cccc(Cl)c1CNC1CCN(Cc2ccccc2)CC1. The van der Waals surface area contributed by atoms with E-state index in [-0.39, 0.29) is 10.6 Å². The van der Waals surface area contributed by atoms with Gasteiger partial charge >= 0.3 is 0 Å². The van der Waals surface area contributed by atoms with E-state index in [0.717, 1.165) is 32.5 Å². The van der Waals surface area contributed by atoms with Crippen molar-refractivity contribution in [1.82, 2.24) is 10.2 Å². The summed E-state index contributed by atoms with van der Waals surface area (Å²) in [5.74, 6) is 0. The minimum atomic E-state index is -0.370. The molecule has 1 heterocycles. The fraction of sp³-hybridized carbons (Fsp3) is 0.368. The Morgan fingerprint density at radius 1 is 1.12 bits per heavy atom. The van der Waals surface area contributed by atoms with E-state index in [1.54, 1.807) is 12.1 Å². The van der Waals surface area contributed by atoms with E-state index in [9.17, 15) is 10.1 Å². The van der Waals surface area contributed by atoms with Gasteiger partial charge in [0.1, 0.15) is 0 Å². The summed E-state index contributed by atoms with van der Waals surface area (Å²) >= 11 is 6.15. The summed E-state index contributed by atoms with van der Waals surface area (Å²) in [5, 5.41) is 15.0. The Morgan fingerprint density at radius 2 is 1.84 bits per heavy atom. The van der Waals surface area contributed by atoms with Gasteiger partial charge in [-0.15, -0.1) is 0 Å². The zero-order valence-electron chi connectivity index (χ0n) is 14.0. The Morgan fingerprint density at radius 3 is 2.52 bits per heavy atom. The third kappa shape index (κ3) is 4.78. The molecule has 0 spiro atoms. The molecule has 0 unspecified atom stereocenters. The van der Waals surface area contributed by atoms with E-state index in [1.807, 2.05) is 6.07 Å². The highest BCUT2D eigenvalue weighted by atomic mass is 35.5. The summed E-state index contributed by atoms with van der Waals surface area (Å²) < 4.78 is 0. The normalized spacial score (nSPS) is 16.0. The summed E-state index contributed by atoms with van der Waals surface area (Å²) in [4.78, 5) is 13.2. The molecule has 2 aromatic carbocycles. The Labute approximate surface area is 152 Å². The molecule has 0 saturated carbocycles. The summed E-state index contributed by atoms with van der Waals surface area (Å²) in [6.45, 7) is 3.46. The number of nitro groups is 1. The van der Waals surface area contributed by atoms with E-state index in [2.05, 4.69) is 34.5 Å². The van der Waals surface area contributed by atoms with Crippen molar-refractivity contribution in [3.63, 3.8) is 0 Å². The Bertz CT molecular complexity index is 716. The molecular weight excluding hydrogens is 338 g/mol. The molecule has 0 bridgehead atoms. The molecule has 3 rings (SSSR count). The third-order valence-corrected chi connectivity index (χ3v) is 5.05. The molecule has 25 heavy (non-hydrogen) atoms. The van der Waals surface area contributed by atoms with E-state index in [4.69, 9.17) is 11.6 Å². The number of halogens is 1. The molecule has 0 amide bonds. The second-order valence-corrected chi connectivity index (χ2v) is 6.82. The lowest BCUT2D eigenvalue weighted by Gasteiger charge is -2.32. The number of benzene rings is 2. The van der Waals surface area contributed by atoms with Gasteiger partial charge in [-0.05, 0) is 37.6 Å². The number of nitro benzene ring substituents is 1. The molecule has 0 aromatic heterocycles. The molecule has 1 saturated heterocycles. The van der Waals surface area contributed by atoms with Crippen molar-refractivity contribution in [3.8, 4) is 0 Å². The Balaban J connectivity index is 1.51. The summed E-state index contributed by atoms with van der Waals surface area (Å²) in [6, 6.07) is 15.7. The van der Waals surface area contributed by atoms with E-state index in [0.29, 0.717) is 23.2 Å². The maximum absolute atomic E-state index is 11.2. The first-order valence-corrected chi connectivity index (χ1v) is 8.92. The van der Waals surface area contributed by atoms with Crippen molar-refractivity contribution in [2.75, 3.05) is 13.1 Å². The van der Waals surface area contributed by atoms with Gasteiger partial charge < -0.3 is 5.32 Å². The molecule has 6 heteroatoms. The highest BCUT2D eigenvalue weighted by Crippen LogP contribution is 2.26. The summed E-state index contributed by atoms with van der Waals surface area (Å²) in [5.41, 5.74) is 1.99. The maximum atomic E-state index is 11.2. The lowest BCUT2D eigenvalue weighted by molar-refractivity contribution is -0.385. The van der Waals surface area contributed by atoms with Crippen LogP contribution >= 0.6 is 11.6 Å². The molecule has 1 fully saturated rings. The fourth-order valence-electron chi connectivity index (χ4n) is 3.28. The average Bonchev–Trinajstić information content (AvgIpc) is 2.62. The second kappa shape index (κ2) is 8.43. The topological polar surface area (TPSA) is 58.4 Å². The lowest BCUT2D eigenvalue weighted by atomic mass is 10.0. The molecule has 0 atom stereocenters. The van der Waals surface area contributed by atoms with E-state index < -0.39 is 0 Å². The molecule has 1 aliphatic heterocycles. The van der Waals surface area contributed by atoms with Crippen LogP contribution in [0.5, 0.6) is 0 Å². The highest BCUT2D eigenvalue weighted by molar-refractivity contribution is 6.31. The zero-order valence-corrected chi connectivity index (χ0v) is 14.8. The molecule has 1 N–H and O–H groups in total. The first kappa shape index (κ1) is 17.9. The van der Waals surface area contributed by atoms with Crippen LogP contribution in [0.1, 0.15) is 24.0 Å². The summed E-state index contributed by atoms with van der Waals surface area (Å²) in [7, 11) is 0. The molecule has 1 aliphatic rings. The van der Waals surface area contributed by atoms with Crippen LogP contribution in [0.3, 0.4) is 0 Å². The van der Waals surface area contributed by atoms with Crippen molar-refractivity contribution < 1.29 is 4.92 Å². The lowest BCUT2D eigenvalue weighted by Crippen LogP contribution is -2.41. The van der Waals surface area contributed by atoms with Crippen LogP contribution in [-0.2, 0) is 13.1 Å². The van der Waals surface area contributed by atoms with Crippen LogP contribution < -0.4 is 5.32 Å². The van der Waals surface area contributed by atoms with Crippen LogP contribution in [-0.4, -0.2) is 29.0 Å². The van der Waals surface area contributed by atoms with Gasteiger partial charge in [0.2, 0.25) is 0 Å². The Kier molecular flexibility index (Phi) is 6.02. The molecule has 2 aromatic rings. The van der Waals surface area contributed by atoms with Crippen LogP contribution in [0.15, 0.2) is 48.5 Å². The number of hydrogen-bond donors (Lipinski definition) is 1. The van der Waals surface area contributed by atoms with Crippen molar-refractivity contribution in [1.29, 1.82) is 0 Å². The van der Waals surface area contributed by atoms with Gasteiger partial charge in [0.05, 0.1) is 15.5 Å². The third-order valence-electron chi connectivity index (χ3n) is 4.69. The number of nitrogens with zero attached hydrogens (tertiary/aromatic N) is 2. The number of piperidine rings is 1. The van der Waals surface area contributed by atoms with Gasteiger partial charge in [-0.1, -0.05) is 48.0 Å². The smallest absolute Gasteiger partial charge is 0.275 e. The predicted octanol–water partition coefficient (Wildman–Crippen LogP) is 4.00. The van der Waals surface area contributed by atoms with E-state index in [1.165, 1.54) is 11.6 Å². The van der Waals surface area contributed by atoms with Gasteiger partial charge in [-0.25, -0.2) is 0 Å². The van der Waals surface area contributed by atoms with Crippen LogP contribution in [0.4, 0.5) is 5.69 Å². The van der Waals surface area contributed by atoms with Crippen LogP contribution in [0.25, 0.3) is 0 Å². The average molecular weight is 360 g/mol. The first-order chi connectivity index (χ1) is 12.1. The van der Waals surface area contributed by atoms with E-state index >= 15 is 0 Å². The largest absolute Gasteiger partial charge is 0.310 e. The zero-order chi connectivity index (χ0) is 17.6. The first-order valence-electron chi connectivity index (χ1n) is 8.55. The number of likely N-dealkylation sites (tertiary alicyclic amines) is 1. The molecule has 0 aliphatic carbocycles. The monoisotopic (exact) mass is 359 g/mol. The molecule has 5 nitrogen and oxygen atoms in total. The number of rotatable bonds is 6. The second-order valence-electron chi connectivity index (χ2n) is 6.41. The standard InChI is InChI=1S/C19H22ClN3O2/c20-18-7-4-8-19(23(24)25)17(18)13-21-16-9-11-22(12-10-16)14-15-5-2-1-3-6-15/h1-8,16,21H,9-14H2. The van der Waals surface area contributed by atoms with Gasteiger partial charge in [-0.3, -0.25) is 15.0 Å². The van der Waals surface area contributed by atoms with Crippen molar-refractivity contribution >= 4 is 17.3 Å². The molecule has 132 valence electrons. The highest BCUT2D eigenvalue weighted by Gasteiger charge is 2.21.